The fraction of sp³-hybridized carbons (Fsp3) is 0.176. The van der Waals surface area contributed by atoms with Crippen molar-refractivity contribution in [1.82, 2.24) is 5.32 Å². The summed E-state index contributed by atoms with van der Waals surface area (Å²) in [7, 11) is 0. The van der Waals surface area contributed by atoms with Crippen molar-refractivity contribution in [3.63, 3.8) is 0 Å². The molecule has 0 bridgehead atoms. The minimum absolute atomic E-state index is 0.238. The molecule has 0 radical (unpaired) electrons. The van der Waals surface area contributed by atoms with Crippen LogP contribution < -0.4 is 5.32 Å². The molecule has 0 unspecified atom stereocenters. The molecule has 1 aliphatic heterocycles. The summed E-state index contributed by atoms with van der Waals surface area (Å²) in [6.45, 7) is 1.94. The van der Waals surface area contributed by atoms with E-state index in [-0.39, 0.29) is 5.82 Å². The lowest BCUT2D eigenvalue weighted by atomic mass is 10.1. The average Bonchev–Trinajstić information content (AvgIpc) is 2.86. The van der Waals surface area contributed by atoms with Crippen molar-refractivity contribution < 1.29 is 8.81 Å². The van der Waals surface area contributed by atoms with Crippen LogP contribution in [-0.2, 0) is 13.0 Å². The van der Waals surface area contributed by atoms with E-state index in [0.29, 0.717) is 4.90 Å². The number of para-hydroxylation sites is 1. The molecule has 0 aliphatic carbocycles. The number of fused-ring (bicyclic) bond motifs is 3. The van der Waals surface area contributed by atoms with Gasteiger partial charge in [-0.25, -0.2) is 4.39 Å². The van der Waals surface area contributed by atoms with Crippen LogP contribution in [0, 0.1) is 5.82 Å². The number of hydrogen-bond donors (Lipinski definition) is 2. The Kier molecular flexibility index (Phi) is 4.27. The van der Waals surface area contributed by atoms with E-state index in [2.05, 4.69) is 30.1 Å². The maximum atomic E-state index is 12.1. The van der Waals surface area contributed by atoms with Gasteiger partial charge in [0.15, 0.2) is 0 Å². The quantitative estimate of drug-likeness (QED) is 0.609. The first-order valence-corrected chi connectivity index (χ1v) is 7.33. The second-order valence-corrected chi connectivity index (χ2v) is 5.42. The SMILES string of the molecule is Fc1cccc(S)c1.c1ccc2c3c(oc2c1)CNCC3. The highest BCUT2D eigenvalue weighted by molar-refractivity contribution is 7.80. The van der Waals surface area contributed by atoms with E-state index in [0.717, 1.165) is 30.9 Å². The summed E-state index contributed by atoms with van der Waals surface area (Å²) in [5, 5.41) is 4.60. The molecule has 0 spiro atoms. The molecule has 1 aromatic heterocycles. The zero-order chi connectivity index (χ0) is 14.7. The molecule has 2 aromatic carbocycles. The number of hydrogen-bond acceptors (Lipinski definition) is 3. The Morgan fingerprint density at radius 3 is 2.71 bits per heavy atom. The summed E-state index contributed by atoms with van der Waals surface area (Å²) in [4.78, 5) is 0.657. The molecule has 3 aromatic rings. The van der Waals surface area contributed by atoms with Crippen LogP contribution in [0.5, 0.6) is 0 Å². The molecular weight excluding hydrogens is 285 g/mol. The van der Waals surface area contributed by atoms with Gasteiger partial charge in [0.25, 0.3) is 0 Å². The lowest BCUT2D eigenvalue weighted by molar-refractivity contribution is 0.488. The first-order chi connectivity index (χ1) is 10.2. The molecule has 2 heterocycles. The van der Waals surface area contributed by atoms with Crippen LogP contribution >= 0.6 is 12.6 Å². The van der Waals surface area contributed by atoms with Crippen molar-refractivity contribution >= 4 is 23.6 Å². The number of furan rings is 1. The molecule has 1 aliphatic rings. The molecule has 108 valence electrons. The molecule has 4 heteroatoms. The third-order valence-electron chi connectivity index (χ3n) is 3.43. The van der Waals surface area contributed by atoms with Crippen LogP contribution in [0.4, 0.5) is 4.39 Å². The Labute approximate surface area is 128 Å². The minimum atomic E-state index is -0.238. The van der Waals surface area contributed by atoms with Crippen LogP contribution in [-0.4, -0.2) is 6.54 Å². The Bertz CT molecular complexity index is 736. The highest BCUT2D eigenvalue weighted by Crippen LogP contribution is 2.27. The van der Waals surface area contributed by atoms with E-state index in [4.69, 9.17) is 4.42 Å². The van der Waals surface area contributed by atoms with Gasteiger partial charge in [-0.2, -0.15) is 0 Å². The predicted octanol–water partition coefficient (Wildman–Crippen LogP) is 4.19. The van der Waals surface area contributed by atoms with Crippen LogP contribution in [0.25, 0.3) is 11.0 Å². The van der Waals surface area contributed by atoms with Crippen LogP contribution in [0.1, 0.15) is 11.3 Å². The summed E-state index contributed by atoms with van der Waals surface area (Å²) >= 11 is 3.91. The van der Waals surface area contributed by atoms with Gasteiger partial charge in [0.1, 0.15) is 17.2 Å². The number of rotatable bonds is 0. The van der Waals surface area contributed by atoms with Crippen LogP contribution in [0.3, 0.4) is 0 Å². The molecule has 21 heavy (non-hydrogen) atoms. The highest BCUT2D eigenvalue weighted by Gasteiger charge is 2.16. The van der Waals surface area contributed by atoms with Crippen molar-refractivity contribution in [2.24, 2.45) is 0 Å². The van der Waals surface area contributed by atoms with Crippen molar-refractivity contribution in [3.05, 3.63) is 65.7 Å². The third kappa shape index (κ3) is 3.28. The van der Waals surface area contributed by atoms with Gasteiger partial charge in [0, 0.05) is 15.8 Å². The van der Waals surface area contributed by atoms with Gasteiger partial charge in [-0.1, -0.05) is 24.3 Å². The van der Waals surface area contributed by atoms with Gasteiger partial charge in [0.2, 0.25) is 0 Å². The summed E-state index contributed by atoms with van der Waals surface area (Å²) in [5.41, 5.74) is 2.42. The fourth-order valence-corrected chi connectivity index (χ4v) is 2.67. The van der Waals surface area contributed by atoms with E-state index in [9.17, 15) is 4.39 Å². The van der Waals surface area contributed by atoms with Gasteiger partial charge in [0.05, 0.1) is 6.54 Å². The Balaban J connectivity index is 0.000000143. The second kappa shape index (κ2) is 6.33. The van der Waals surface area contributed by atoms with E-state index in [1.165, 1.54) is 23.1 Å². The van der Waals surface area contributed by atoms with Crippen molar-refractivity contribution in [3.8, 4) is 0 Å². The van der Waals surface area contributed by atoms with E-state index >= 15 is 0 Å². The first kappa shape index (κ1) is 14.2. The van der Waals surface area contributed by atoms with Gasteiger partial charge < -0.3 is 9.73 Å². The Morgan fingerprint density at radius 2 is 1.95 bits per heavy atom. The molecular formula is C17H16FNOS. The molecule has 0 saturated carbocycles. The summed E-state index contributed by atoms with van der Waals surface area (Å²) in [6, 6.07) is 14.4. The summed E-state index contributed by atoms with van der Waals surface area (Å²) in [5.74, 6) is 0.880. The number of halogens is 1. The van der Waals surface area contributed by atoms with E-state index < -0.39 is 0 Å². The van der Waals surface area contributed by atoms with Crippen molar-refractivity contribution in [1.29, 1.82) is 0 Å². The Hall–Kier alpha value is -1.78. The van der Waals surface area contributed by atoms with Gasteiger partial charge in [-0.05, 0) is 37.2 Å². The molecule has 1 N–H and O–H groups in total. The maximum Gasteiger partial charge on any atom is 0.134 e. The molecule has 0 atom stereocenters. The smallest absolute Gasteiger partial charge is 0.134 e. The first-order valence-electron chi connectivity index (χ1n) is 6.88. The Morgan fingerprint density at radius 1 is 1.10 bits per heavy atom. The maximum absolute atomic E-state index is 12.1. The van der Waals surface area contributed by atoms with Gasteiger partial charge >= 0.3 is 0 Å². The standard InChI is InChI=1S/C11H11NO.C6H5FS/c1-2-4-10-8(3-1)9-5-6-12-7-11(9)13-10;7-5-2-1-3-6(8)4-5/h1-4,12H,5-7H2;1-4,8H. The molecule has 0 amide bonds. The van der Waals surface area contributed by atoms with E-state index in [1.807, 2.05) is 12.1 Å². The van der Waals surface area contributed by atoms with Crippen LogP contribution in [0.15, 0.2) is 57.8 Å². The molecule has 2 nitrogen and oxygen atoms in total. The zero-order valence-electron chi connectivity index (χ0n) is 11.5. The number of benzene rings is 2. The third-order valence-corrected chi connectivity index (χ3v) is 3.71. The van der Waals surface area contributed by atoms with Gasteiger partial charge in [-0.3, -0.25) is 0 Å². The average molecular weight is 301 g/mol. The van der Waals surface area contributed by atoms with Crippen LogP contribution in [0.2, 0.25) is 0 Å². The van der Waals surface area contributed by atoms with Gasteiger partial charge in [-0.15, -0.1) is 12.6 Å². The lowest BCUT2D eigenvalue weighted by Crippen LogP contribution is -2.22. The second-order valence-electron chi connectivity index (χ2n) is 4.91. The normalized spacial score (nSPS) is 13.4. The van der Waals surface area contributed by atoms with Crippen molar-refractivity contribution in [2.75, 3.05) is 6.54 Å². The largest absolute Gasteiger partial charge is 0.459 e. The minimum Gasteiger partial charge on any atom is -0.459 e. The molecule has 0 fully saturated rings. The number of thiol groups is 1. The molecule has 0 saturated heterocycles. The highest BCUT2D eigenvalue weighted by atomic mass is 32.1. The fourth-order valence-electron chi connectivity index (χ4n) is 2.46. The summed E-state index contributed by atoms with van der Waals surface area (Å²) < 4.78 is 17.8. The zero-order valence-corrected chi connectivity index (χ0v) is 12.4. The monoisotopic (exact) mass is 301 g/mol. The molecule has 4 rings (SSSR count). The topological polar surface area (TPSA) is 25.2 Å². The summed E-state index contributed by atoms with van der Waals surface area (Å²) in [6.07, 6.45) is 1.09. The predicted molar refractivity (Wildman–Crippen MR) is 85.3 cm³/mol. The van der Waals surface area contributed by atoms with Crippen molar-refractivity contribution in [2.45, 2.75) is 17.9 Å². The lowest BCUT2D eigenvalue weighted by Gasteiger charge is -2.10. The van der Waals surface area contributed by atoms with E-state index in [1.54, 1.807) is 12.1 Å². The number of nitrogens with one attached hydrogen (secondary N) is 1.